The monoisotopic (exact) mass is 365 g/mol. The molecule has 108 valence electrons. The fraction of sp³-hybridized carbons (Fsp3) is 0.182. The molecule has 1 atom stereocenters. The van der Waals surface area contributed by atoms with Gasteiger partial charge in [-0.2, -0.15) is 5.10 Å². The van der Waals surface area contributed by atoms with Crippen LogP contribution in [0.2, 0.25) is 0 Å². The molecule has 0 fully saturated rings. The van der Waals surface area contributed by atoms with Gasteiger partial charge in [0, 0.05) is 28.3 Å². The molecule has 0 aliphatic heterocycles. The van der Waals surface area contributed by atoms with E-state index in [0.29, 0.717) is 11.6 Å². The average molecular weight is 366 g/mol. The van der Waals surface area contributed by atoms with Crippen molar-refractivity contribution in [2.24, 2.45) is 0 Å². The van der Waals surface area contributed by atoms with E-state index < -0.39 is 32.6 Å². The number of sulfonamides is 1. The van der Waals surface area contributed by atoms with Crippen LogP contribution in [0, 0.1) is 11.6 Å². The number of benzene rings is 1. The predicted octanol–water partition coefficient (Wildman–Crippen LogP) is 2.49. The van der Waals surface area contributed by atoms with Crippen molar-refractivity contribution < 1.29 is 17.2 Å². The summed E-state index contributed by atoms with van der Waals surface area (Å²) >= 11 is 2.85. The lowest BCUT2D eigenvalue weighted by molar-refractivity contribution is 0.534. The molecule has 0 saturated heterocycles. The van der Waals surface area contributed by atoms with Crippen molar-refractivity contribution in [1.82, 2.24) is 14.9 Å². The molecule has 0 radical (unpaired) electrons. The molecular formula is C11H10BrF2N3O2S. The predicted molar refractivity (Wildman–Crippen MR) is 71.4 cm³/mol. The van der Waals surface area contributed by atoms with E-state index in [1.165, 1.54) is 12.4 Å². The van der Waals surface area contributed by atoms with Gasteiger partial charge in [-0.15, -0.1) is 0 Å². The smallest absolute Gasteiger partial charge is 0.245 e. The largest absolute Gasteiger partial charge is 0.285 e. The second-order valence-electron chi connectivity index (χ2n) is 4.07. The molecule has 0 saturated carbocycles. The maximum Gasteiger partial charge on any atom is 0.245 e. The summed E-state index contributed by atoms with van der Waals surface area (Å²) in [5.41, 5.74) is 0.590. The first-order chi connectivity index (χ1) is 9.31. The zero-order valence-electron chi connectivity index (χ0n) is 10.2. The van der Waals surface area contributed by atoms with E-state index in [2.05, 4.69) is 30.8 Å². The Labute approximate surface area is 122 Å². The quantitative estimate of drug-likeness (QED) is 0.873. The highest BCUT2D eigenvalue weighted by Crippen LogP contribution is 2.27. The minimum atomic E-state index is -4.14. The maximum absolute atomic E-state index is 13.7. The molecule has 1 aromatic heterocycles. The molecule has 0 amide bonds. The van der Waals surface area contributed by atoms with Gasteiger partial charge >= 0.3 is 0 Å². The Bertz CT molecular complexity index is 696. The minimum Gasteiger partial charge on any atom is -0.285 e. The van der Waals surface area contributed by atoms with E-state index in [9.17, 15) is 17.2 Å². The van der Waals surface area contributed by atoms with E-state index in [1.54, 1.807) is 6.92 Å². The van der Waals surface area contributed by atoms with E-state index in [1.807, 2.05) is 0 Å². The number of hydrogen-bond donors (Lipinski definition) is 2. The van der Waals surface area contributed by atoms with Crippen LogP contribution in [0.5, 0.6) is 0 Å². The molecule has 0 spiro atoms. The summed E-state index contributed by atoms with van der Waals surface area (Å²) in [6.07, 6.45) is 2.96. The van der Waals surface area contributed by atoms with E-state index in [0.717, 1.165) is 6.07 Å². The summed E-state index contributed by atoms with van der Waals surface area (Å²) in [5.74, 6) is -2.03. The van der Waals surface area contributed by atoms with Crippen LogP contribution in [0.25, 0.3) is 0 Å². The molecule has 9 heteroatoms. The first-order valence-electron chi connectivity index (χ1n) is 5.47. The third-order valence-electron chi connectivity index (χ3n) is 2.58. The normalized spacial score (nSPS) is 13.4. The molecule has 1 aromatic carbocycles. The minimum absolute atomic E-state index is 0.179. The van der Waals surface area contributed by atoms with E-state index in [-0.39, 0.29) is 4.47 Å². The Morgan fingerprint density at radius 1 is 1.40 bits per heavy atom. The first-order valence-corrected chi connectivity index (χ1v) is 7.74. The second-order valence-corrected chi connectivity index (χ2v) is 6.58. The van der Waals surface area contributed by atoms with Gasteiger partial charge in [-0.1, -0.05) is 0 Å². The Hall–Kier alpha value is -1.32. The number of H-pyrrole nitrogens is 1. The van der Waals surface area contributed by atoms with E-state index in [4.69, 9.17) is 0 Å². The molecule has 1 heterocycles. The van der Waals surface area contributed by atoms with Crippen molar-refractivity contribution in [3.8, 4) is 0 Å². The van der Waals surface area contributed by atoms with Crippen molar-refractivity contribution >= 4 is 26.0 Å². The molecule has 2 rings (SSSR count). The summed E-state index contributed by atoms with van der Waals surface area (Å²) in [6, 6.07) is 0.789. The van der Waals surface area contributed by atoms with Gasteiger partial charge in [0.15, 0.2) is 0 Å². The van der Waals surface area contributed by atoms with Crippen LogP contribution in [-0.2, 0) is 10.0 Å². The highest BCUT2D eigenvalue weighted by molar-refractivity contribution is 9.10. The lowest BCUT2D eigenvalue weighted by Gasteiger charge is -2.14. The average Bonchev–Trinajstić information content (AvgIpc) is 2.78. The SMILES string of the molecule is CC(NS(=O)(=O)c1c(F)cc(F)cc1Br)c1cn[nH]c1. The Morgan fingerprint density at radius 3 is 2.65 bits per heavy atom. The lowest BCUT2D eigenvalue weighted by Crippen LogP contribution is -2.27. The molecule has 2 N–H and O–H groups in total. The number of rotatable bonds is 4. The highest BCUT2D eigenvalue weighted by Gasteiger charge is 2.26. The number of nitrogens with zero attached hydrogens (tertiary/aromatic N) is 1. The first kappa shape index (κ1) is 15.1. The van der Waals surface area contributed by atoms with Crippen LogP contribution in [0.3, 0.4) is 0 Å². The van der Waals surface area contributed by atoms with Crippen LogP contribution in [0.15, 0.2) is 33.9 Å². The number of halogens is 3. The number of nitrogens with one attached hydrogen (secondary N) is 2. The van der Waals surface area contributed by atoms with Crippen molar-refractivity contribution in [2.75, 3.05) is 0 Å². The Kier molecular flexibility index (Phi) is 4.21. The number of hydrogen-bond acceptors (Lipinski definition) is 3. The van der Waals surface area contributed by atoms with Gasteiger partial charge in [0.1, 0.15) is 16.5 Å². The third-order valence-corrected chi connectivity index (χ3v) is 5.09. The summed E-state index contributed by atoms with van der Waals surface area (Å²) in [7, 11) is -4.14. The van der Waals surface area contributed by atoms with Gasteiger partial charge in [0.05, 0.1) is 6.20 Å². The maximum atomic E-state index is 13.7. The molecular weight excluding hydrogens is 356 g/mol. The standard InChI is InChI=1S/C11H10BrF2N3O2S/c1-6(7-4-15-16-5-7)17-20(18,19)11-9(12)2-8(13)3-10(11)14/h2-6,17H,1H3,(H,15,16). The van der Waals surface area contributed by atoms with Crippen molar-refractivity contribution in [3.05, 3.63) is 46.2 Å². The van der Waals surface area contributed by atoms with Crippen LogP contribution >= 0.6 is 15.9 Å². The fourth-order valence-electron chi connectivity index (χ4n) is 1.64. The zero-order valence-corrected chi connectivity index (χ0v) is 12.6. The van der Waals surface area contributed by atoms with Gasteiger partial charge in [0.2, 0.25) is 10.0 Å². The van der Waals surface area contributed by atoms with E-state index >= 15 is 0 Å². The Morgan fingerprint density at radius 2 is 2.10 bits per heavy atom. The molecule has 0 aliphatic carbocycles. The van der Waals surface area contributed by atoms with Crippen molar-refractivity contribution in [1.29, 1.82) is 0 Å². The van der Waals surface area contributed by atoms with Crippen LogP contribution in [0.4, 0.5) is 8.78 Å². The van der Waals surface area contributed by atoms with Gasteiger partial charge in [-0.3, -0.25) is 5.10 Å². The van der Waals surface area contributed by atoms with Crippen molar-refractivity contribution in [2.45, 2.75) is 17.9 Å². The molecule has 0 aliphatic rings. The Balaban J connectivity index is 2.37. The van der Waals surface area contributed by atoms with Gasteiger partial charge in [-0.05, 0) is 28.9 Å². The number of aromatic nitrogens is 2. The second kappa shape index (κ2) is 5.58. The molecule has 2 aromatic rings. The summed E-state index contributed by atoms with van der Waals surface area (Å²) in [6.45, 7) is 1.58. The molecule has 20 heavy (non-hydrogen) atoms. The fourth-order valence-corrected chi connectivity index (χ4v) is 4.04. The third kappa shape index (κ3) is 3.05. The lowest BCUT2D eigenvalue weighted by atomic mass is 10.2. The van der Waals surface area contributed by atoms with Crippen LogP contribution in [0.1, 0.15) is 18.5 Å². The highest BCUT2D eigenvalue weighted by atomic mass is 79.9. The number of aromatic amines is 1. The molecule has 1 unspecified atom stereocenters. The topological polar surface area (TPSA) is 74.8 Å². The van der Waals surface area contributed by atoms with Gasteiger partial charge in [-0.25, -0.2) is 21.9 Å². The summed E-state index contributed by atoms with van der Waals surface area (Å²) in [5, 5.41) is 6.25. The van der Waals surface area contributed by atoms with Gasteiger partial charge in [0.25, 0.3) is 0 Å². The van der Waals surface area contributed by atoms with Gasteiger partial charge < -0.3 is 0 Å². The summed E-state index contributed by atoms with van der Waals surface area (Å²) < 4.78 is 53.1. The summed E-state index contributed by atoms with van der Waals surface area (Å²) in [4.78, 5) is -0.630. The molecule has 0 bridgehead atoms. The molecule has 5 nitrogen and oxygen atoms in total. The van der Waals surface area contributed by atoms with Crippen molar-refractivity contribution in [3.63, 3.8) is 0 Å². The van der Waals surface area contributed by atoms with Crippen LogP contribution in [-0.4, -0.2) is 18.6 Å². The van der Waals surface area contributed by atoms with Crippen LogP contribution < -0.4 is 4.72 Å². The zero-order chi connectivity index (χ0) is 14.9.